The number of carbonyl (C=O) groups is 1. The van der Waals surface area contributed by atoms with Crippen molar-refractivity contribution in [1.82, 2.24) is 14.5 Å². The summed E-state index contributed by atoms with van der Waals surface area (Å²) in [7, 11) is 0.299. The van der Waals surface area contributed by atoms with Gasteiger partial charge in [0.15, 0.2) is 11.5 Å². The molecule has 1 aromatic rings. The van der Waals surface area contributed by atoms with Crippen molar-refractivity contribution in [3.63, 3.8) is 0 Å². The summed E-state index contributed by atoms with van der Waals surface area (Å²) in [4.78, 5) is 14.4. The molecule has 2 aliphatic rings. The molecule has 0 aliphatic carbocycles. The van der Waals surface area contributed by atoms with Gasteiger partial charge in [-0.3, -0.25) is 4.79 Å². The molecule has 0 aromatic heterocycles. The quantitative estimate of drug-likeness (QED) is 0.769. The van der Waals surface area contributed by atoms with Gasteiger partial charge in [-0.25, -0.2) is 8.42 Å². The van der Waals surface area contributed by atoms with Crippen LogP contribution in [-0.2, 0) is 14.8 Å². The summed E-state index contributed by atoms with van der Waals surface area (Å²) in [6.07, 6.45) is 1.05. The fourth-order valence-electron chi connectivity index (χ4n) is 3.09. The van der Waals surface area contributed by atoms with Crippen LogP contribution in [0.5, 0.6) is 11.5 Å². The highest BCUT2D eigenvalue weighted by molar-refractivity contribution is 7.89. The van der Waals surface area contributed by atoms with E-state index in [0.29, 0.717) is 44.0 Å². The number of carbonyl (C=O) groups excluding carboxylic acids is 1. The van der Waals surface area contributed by atoms with E-state index >= 15 is 0 Å². The molecular weight excluding hydrogens is 358 g/mol. The summed E-state index contributed by atoms with van der Waals surface area (Å²) in [5.74, 6) is 0.866. The van der Waals surface area contributed by atoms with Crippen molar-refractivity contribution >= 4 is 15.9 Å². The molecule has 144 valence electrons. The van der Waals surface area contributed by atoms with Gasteiger partial charge in [0, 0.05) is 38.2 Å². The third kappa shape index (κ3) is 4.11. The van der Waals surface area contributed by atoms with Crippen molar-refractivity contribution in [3.05, 3.63) is 18.2 Å². The summed E-state index contributed by atoms with van der Waals surface area (Å²) in [6, 6.07) is 4.64. The van der Waals surface area contributed by atoms with Crippen molar-refractivity contribution in [3.8, 4) is 11.5 Å². The topological polar surface area (TPSA) is 88.2 Å². The highest BCUT2D eigenvalue weighted by Gasteiger charge is 2.32. The Labute approximate surface area is 154 Å². The molecule has 0 unspecified atom stereocenters. The van der Waals surface area contributed by atoms with E-state index in [4.69, 9.17) is 9.47 Å². The zero-order chi connectivity index (χ0) is 18.7. The van der Waals surface area contributed by atoms with Gasteiger partial charge in [-0.05, 0) is 39.1 Å². The van der Waals surface area contributed by atoms with Gasteiger partial charge in [0.1, 0.15) is 0 Å². The summed E-state index contributed by atoms with van der Waals surface area (Å²) in [5, 5.41) is 2.92. The molecule has 8 nitrogen and oxygen atoms in total. The molecule has 1 aromatic carbocycles. The molecule has 1 saturated heterocycles. The van der Waals surface area contributed by atoms with Crippen LogP contribution in [0.25, 0.3) is 0 Å². The Morgan fingerprint density at radius 1 is 1.23 bits per heavy atom. The van der Waals surface area contributed by atoms with Crippen LogP contribution in [0.4, 0.5) is 0 Å². The van der Waals surface area contributed by atoms with E-state index in [1.165, 1.54) is 16.4 Å². The van der Waals surface area contributed by atoms with Gasteiger partial charge in [0.05, 0.1) is 4.90 Å². The molecule has 1 N–H and O–H groups in total. The van der Waals surface area contributed by atoms with E-state index in [2.05, 4.69) is 5.32 Å². The van der Waals surface area contributed by atoms with Crippen LogP contribution in [0, 0.1) is 5.92 Å². The first-order chi connectivity index (χ1) is 12.4. The Morgan fingerprint density at radius 3 is 2.62 bits per heavy atom. The van der Waals surface area contributed by atoms with Crippen LogP contribution in [0.2, 0.25) is 0 Å². The second kappa shape index (κ2) is 7.81. The van der Waals surface area contributed by atoms with Gasteiger partial charge >= 0.3 is 0 Å². The lowest BCUT2D eigenvalue weighted by molar-refractivity contribution is -0.126. The average Bonchev–Trinajstić information content (AvgIpc) is 3.09. The average molecular weight is 383 g/mol. The number of amides is 1. The Hall–Kier alpha value is -1.84. The van der Waals surface area contributed by atoms with Crippen molar-refractivity contribution < 1.29 is 22.7 Å². The number of fused-ring (bicyclic) bond motifs is 1. The van der Waals surface area contributed by atoms with Crippen LogP contribution >= 0.6 is 0 Å². The van der Waals surface area contributed by atoms with E-state index < -0.39 is 10.0 Å². The lowest BCUT2D eigenvalue weighted by Crippen LogP contribution is -2.43. The third-order valence-corrected chi connectivity index (χ3v) is 6.56. The molecule has 2 heterocycles. The normalized spacial score (nSPS) is 18.3. The van der Waals surface area contributed by atoms with Crippen molar-refractivity contribution in [2.75, 3.05) is 47.1 Å². The molecular formula is C17H25N3O5S. The molecule has 0 radical (unpaired) electrons. The lowest BCUT2D eigenvalue weighted by Gasteiger charge is -2.30. The summed E-state index contributed by atoms with van der Waals surface area (Å²) >= 11 is 0. The minimum absolute atomic E-state index is 0.00646. The smallest absolute Gasteiger partial charge is 0.243 e. The molecule has 2 aliphatic heterocycles. The van der Waals surface area contributed by atoms with Gasteiger partial charge < -0.3 is 19.7 Å². The molecule has 1 fully saturated rings. The maximum atomic E-state index is 12.8. The van der Waals surface area contributed by atoms with Gasteiger partial charge in [-0.1, -0.05) is 0 Å². The van der Waals surface area contributed by atoms with Gasteiger partial charge in [-0.15, -0.1) is 0 Å². The number of ether oxygens (including phenoxy) is 2. The number of hydrogen-bond donors (Lipinski definition) is 1. The highest BCUT2D eigenvalue weighted by atomic mass is 32.2. The number of nitrogens with one attached hydrogen (secondary N) is 1. The number of nitrogens with zero attached hydrogens (tertiary/aromatic N) is 2. The summed E-state index contributed by atoms with van der Waals surface area (Å²) in [6.45, 7) is 2.16. The van der Waals surface area contributed by atoms with Crippen molar-refractivity contribution in [2.45, 2.75) is 17.7 Å². The Kier molecular flexibility index (Phi) is 5.69. The fraction of sp³-hybridized carbons (Fsp3) is 0.588. The second-order valence-corrected chi connectivity index (χ2v) is 8.73. The monoisotopic (exact) mass is 383 g/mol. The van der Waals surface area contributed by atoms with Crippen molar-refractivity contribution in [2.24, 2.45) is 5.92 Å². The molecule has 0 atom stereocenters. The number of benzene rings is 1. The predicted molar refractivity (Wildman–Crippen MR) is 95.6 cm³/mol. The van der Waals surface area contributed by atoms with Crippen LogP contribution in [0.15, 0.2) is 23.1 Å². The van der Waals surface area contributed by atoms with E-state index in [1.54, 1.807) is 6.07 Å². The Morgan fingerprint density at radius 2 is 1.92 bits per heavy atom. The van der Waals surface area contributed by atoms with E-state index in [-0.39, 0.29) is 23.5 Å². The first-order valence-electron chi connectivity index (χ1n) is 8.70. The Balaban J connectivity index is 1.58. The summed E-state index contributed by atoms with van der Waals surface area (Å²) in [5.41, 5.74) is 0. The van der Waals surface area contributed by atoms with Crippen LogP contribution in [0.1, 0.15) is 12.8 Å². The zero-order valence-corrected chi connectivity index (χ0v) is 15.9. The summed E-state index contributed by atoms with van der Waals surface area (Å²) < 4.78 is 37.6. The van der Waals surface area contributed by atoms with Crippen molar-refractivity contribution in [1.29, 1.82) is 0 Å². The number of likely N-dealkylation sites (N-methyl/N-ethyl adjacent to an activating group) is 1. The molecule has 3 rings (SSSR count). The van der Waals surface area contributed by atoms with E-state index in [0.717, 1.165) is 6.54 Å². The van der Waals surface area contributed by atoms with Gasteiger partial charge in [-0.2, -0.15) is 4.31 Å². The van der Waals surface area contributed by atoms with E-state index in [1.807, 2.05) is 19.0 Å². The lowest BCUT2D eigenvalue weighted by atomic mass is 9.97. The minimum atomic E-state index is -3.60. The van der Waals surface area contributed by atoms with Crippen LogP contribution in [0.3, 0.4) is 0 Å². The van der Waals surface area contributed by atoms with Gasteiger partial charge in [0.25, 0.3) is 0 Å². The SMILES string of the molecule is CN(C)CCNC(=O)C1CCN(S(=O)(=O)c2ccc3c(c2)OCO3)CC1. The van der Waals surface area contributed by atoms with E-state index in [9.17, 15) is 13.2 Å². The van der Waals surface area contributed by atoms with Gasteiger partial charge in [0.2, 0.25) is 22.7 Å². The molecule has 26 heavy (non-hydrogen) atoms. The second-order valence-electron chi connectivity index (χ2n) is 6.79. The highest BCUT2D eigenvalue weighted by Crippen LogP contribution is 2.35. The number of hydrogen-bond acceptors (Lipinski definition) is 6. The minimum Gasteiger partial charge on any atom is -0.454 e. The molecule has 0 saturated carbocycles. The standard InChI is InChI=1S/C17H25N3O5S/c1-19(2)10-7-18-17(21)13-5-8-20(9-6-13)26(22,23)14-3-4-15-16(11-14)25-12-24-15/h3-4,11,13H,5-10,12H2,1-2H3,(H,18,21). The molecule has 0 bridgehead atoms. The molecule has 9 heteroatoms. The van der Waals surface area contributed by atoms with Crippen LogP contribution in [-0.4, -0.2) is 70.6 Å². The third-order valence-electron chi connectivity index (χ3n) is 4.66. The first-order valence-corrected chi connectivity index (χ1v) is 10.1. The fourth-order valence-corrected chi connectivity index (χ4v) is 4.58. The number of sulfonamides is 1. The molecule has 0 spiro atoms. The Bertz CT molecular complexity index is 758. The number of piperidine rings is 1. The largest absolute Gasteiger partial charge is 0.454 e. The zero-order valence-electron chi connectivity index (χ0n) is 15.1. The predicted octanol–water partition coefficient (Wildman–Crippen LogP) is 0.494. The van der Waals surface area contributed by atoms with Crippen LogP contribution < -0.4 is 14.8 Å². The maximum Gasteiger partial charge on any atom is 0.243 e. The number of rotatable bonds is 6. The molecule has 1 amide bonds. The first kappa shape index (κ1) is 18.9. The maximum absolute atomic E-state index is 12.8.